The molecule has 2 N–H and O–H groups in total. The molecule has 0 saturated carbocycles. The first-order chi connectivity index (χ1) is 9.71. The molecule has 20 heavy (non-hydrogen) atoms. The van der Waals surface area contributed by atoms with Crippen LogP contribution in [0.15, 0.2) is 24.4 Å². The number of ether oxygens (including phenoxy) is 2. The second-order valence-electron chi connectivity index (χ2n) is 4.63. The van der Waals surface area contributed by atoms with E-state index in [0.717, 1.165) is 35.3 Å². The van der Waals surface area contributed by atoms with E-state index in [1.807, 2.05) is 31.4 Å². The Morgan fingerprint density at radius 1 is 1.20 bits per heavy atom. The number of hydrogen-bond acceptors (Lipinski definition) is 5. The van der Waals surface area contributed by atoms with Gasteiger partial charge < -0.3 is 20.1 Å². The zero-order valence-electron chi connectivity index (χ0n) is 12.2. The molecule has 0 aliphatic heterocycles. The quantitative estimate of drug-likeness (QED) is 0.874. The molecule has 0 amide bonds. The Balaban J connectivity index is 2.50. The third kappa shape index (κ3) is 2.77. The molecule has 0 fully saturated rings. The summed E-state index contributed by atoms with van der Waals surface area (Å²) in [6, 6.07) is 5.91. The molecule has 1 heterocycles. The van der Waals surface area contributed by atoms with Crippen molar-refractivity contribution in [3.63, 3.8) is 0 Å². The van der Waals surface area contributed by atoms with Crippen LogP contribution >= 0.6 is 0 Å². The van der Waals surface area contributed by atoms with Gasteiger partial charge in [0.05, 0.1) is 14.2 Å². The van der Waals surface area contributed by atoms with Crippen LogP contribution in [0.25, 0.3) is 10.8 Å². The Bertz CT molecular complexity index is 587. The first-order valence-corrected chi connectivity index (χ1v) is 6.63. The molecule has 5 heteroatoms. The number of methoxy groups -OCH3 is 2. The highest BCUT2D eigenvalue weighted by Gasteiger charge is 2.12. The van der Waals surface area contributed by atoms with Crippen molar-refractivity contribution in [1.82, 2.24) is 4.98 Å². The molecule has 0 unspecified atom stereocenters. The third-order valence-corrected chi connectivity index (χ3v) is 3.31. The van der Waals surface area contributed by atoms with Gasteiger partial charge in [-0.05, 0) is 36.6 Å². The highest BCUT2D eigenvalue weighted by atomic mass is 16.5. The number of rotatable bonds is 6. The number of anilines is 1. The first kappa shape index (κ1) is 14.4. The minimum Gasteiger partial charge on any atom is -0.493 e. The highest BCUT2D eigenvalue weighted by Crippen LogP contribution is 2.35. The van der Waals surface area contributed by atoms with Gasteiger partial charge >= 0.3 is 0 Å². The van der Waals surface area contributed by atoms with E-state index in [9.17, 15) is 0 Å². The fourth-order valence-corrected chi connectivity index (χ4v) is 2.22. The first-order valence-electron chi connectivity index (χ1n) is 6.63. The fourth-order valence-electron chi connectivity index (χ4n) is 2.22. The number of hydrogen-bond donors (Lipinski definition) is 1. The van der Waals surface area contributed by atoms with Gasteiger partial charge in [0, 0.05) is 25.2 Å². The van der Waals surface area contributed by atoms with Crippen LogP contribution in [-0.2, 0) is 0 Å². The monoisotopic (exact) mass is 275 g/mol. The van der Waals surface area contributed by atoms with Crippen LogP contribution in [0.2, 0.25) is 0 Å². The molecule has 2 aromatic rings. The van der Waals surface area contributed by atoms with Crippen molar-refractivity contribution in [3.8, 4) is 11.5 Å². The van der Waals surface area contributed by atoms with Crippen molar-refractivity contribution in [2.24, 2.45) is 5.73 Å². The smallest absolute Gasteiger partial charge is 0.161 e. The summed E-state index contributed by atoms with van der Waals surface area (Å²) >= 11 is 0. The molecule has 1 aromatic heterocycles. The average molecular weight is 275 g/mol. The zero-order chi connectivity index (χ0) is 14.5. The van der Waals surface area contributed by atoms with Crippen molar-refractivity contribution < 1.29 is 9.47 Å². The van der Waals surface area contributed by atoms with E-state index < -0.39 is 0 Å². The molecular formula is C15H21N3O2. The summed E-state index contributed by atoms with van der Waals surface area (Å²) in [5, 5.41) is 2.12. The number of aromatic nitrogens is 1. The van der Waals surface area contributed by atoms with Crippen LogP contribution < -0.4 is 20.1 Å². The van der Waals surface area contributed by atoms with Gasteiger partial charge in [-0.3, -0.25) is 0 Å². The summed E-state index contributed by atoms with van der Waals surface area (Å²) < 4.78 is 10.7. The van der Waals surface area contributed by atoms with Gasteiger partial charge in [0.1, 0.15) is 5.82 Å². The van der Waals surface area contributed by atoms with Crippen LogP contribution in [-0.4, -0.2) is 39.3 Å². The van der Waals surface area contributed by atoms with E-state index in [1.54, 1.807) is 14.2 Å². The minimum absolute atomic E-state index is 0.673. The molecule has 108 valence electrons. The average Bonchev–Trinajstić information content (AvgIpc) is 2.50. The summed E-state index contributed by atoms with van der Waals surface area (Å²) in [5.41, 5.74) is 5.57. The van der Waals surface area contributed by atoms with Crippen LogP contribution in [0.4, 0.5) is 5.82 Å². The number of nitrogens with two attached hydrogens (primary N) is 1. The van der Waals surface area contributed by atoms with Gasteiger partial charge in [0.15, 0.2) is 11.5 Å². The Hall–Kier alpha value is -2.01. The molecule has 0 bridgehead atoms. The van der Waals surface area contributed by atoms with Crippen molar-refractivity contribution in [3.05, 3.63) is 24.4 Å². The van der Waals surface area contributed by atoms with E-state index in [-0.39, 0.29) is 0 Å². The summed E-state index contributed by atoms with van der Waals surface area (Å²) in [6.07, 6.45) is 2.74. The predicted molar refractivity (Wildman–Crippen MR) is 81.8 cm³/mol. The van der Waals surface area contributed by atoms with Crippen LogP contribution in [0, 0.1) is 0 Å². The Morgan fingerprint density at radius 2 is 1.90 bits per heavy atom. The normalized spacial score (nSPS) is 10.6. The number of benzene rings is 1. The van der Waals surface area contributed by atoms with Crippen LogP contribution in [0.1, 0.15) is 6.42 Å². The number of fused-ring (bicyclic) bond motifs is 1. The molecular weight excluding hydrogens is 254 g/mol. The Morgan fingerprint density at radius 3 is 2.55 bits per heavy atom. The van der Waals surface area contributed by atoms with Gasteiger partial charge in [-0.25, -0.2) is 4.98 Å². The van der Waals surface area contributed by atoms with E-state index in [2.05, 4.69) is 9.88 Å². The van der Waals surface area contributed by atoms with E-state index in [4.69, 9.17) is 15.2 Å². The van der Waals surface area contributed by atoms with E-state index >= 15 is 0 Å². The summed E-state index contributed by atoms with van der Waals surface area (Å²) in [5.74, 6) is 2.36. The lowest BCUT2D eigenvalue weighted by Gasteiger charge is -2.20. The maximum atomic E-state index is 5.57. The van der Waals surface area contributed by atoms with Gasteiger partial charge in [-0.15, -0.1) is 0 Å². The van der Waals surface area contributed by atoms with E-state index in [0.29, 0.717) is 12.3 Å². The standard InChI is InChI=1S/C15H21N3O2/c1-18(8-4-6-16)15-12-10-14(20-3)13(19-2)9-11(12)5-7-17-15/h5,7,9-10H,4,6,8,16H2,1-3H3. The molecule has 0 radical (unpaired) electrons. The Kier molecular flexibility index (Phi) is 4.63. The molecule has 0 aliphatic rings. The van der Waals surface area contributed by atoms with Crippen molar-refractivity contribution in [2.45, 2.75) is 6.42 Å². The van der Waals surface area contributed by atoms with Crippen molar-refractivity contribution >= 4 is 16.6 Å². The summed E-state index contributed by atoms with van der Waals surface area (Å²) in [7, 11) is 5.30. The lowest BCUT2D eigenvalue weighted by Crippen LogP contribution is -2.22. The van der Waals surface area contributed by atoms with Gasteiger partial charge in [0.25, 0.3) is 0 Å². The Labute approximate surface area is 119 Å². The molecule has 0 aliphatic carbocycles. The summed E-state index contributed by atoms with van der Waals surface area (Å²) in [6.45, 7) is 1.54. The second kappa shape index (κ2) is 6.43. The SMILES string of the molecule is COc1cc2ccnc(N(C)CCCN)c2cc1OC. The topological polar surface area (TPSA) is 60.6 Å². The maximum Gasteiger partial charge on any atom is 0.161 e. The maximum absolute atomic E-state index is 5.57. The third-order valence-electron chi connectivity index (χ3n) is 3.31. The fraction of sp³-hybridized carbons (Fsp3) is 0.400. The van der Waals surface area contributed by atoms with Crippen LogP contribution in [0.5, 0.6) is 11.5 Å². The number of pyridine rings is 1. The van der Waals surface area contributed by atoms with Gasteiger partial charge in [-0.2, -0.15) is 0 Å². The lowest BCUT2D eigenvalue weighted by atomic mass is 10.1. The molecule has 1 aromatic carbocycles. The highest BCUT2D eigenvalue weighted by molar-refractivity contribution is 5.94. The van der Waals surface area contributed by atoms with Crippen molar-refractivity contribution in [1.29, 1.82) is 0 Å². The minimum atomic E-state index is 0.673. The number of nitrogens with zero attached hydrogens (tertiary/aromatic N) is 2. The molecule has 0 saturated heterocycles. The van der Waals surface area contributed by atoms with Gasteiger partial charge in [0.2, 0.25) is 0 Å². The summed E-state index contributed by atoms with van der Waals surface area (Å²) in [4.78, 5) is 6.59. The van der Waals surface area contributed by atoms with E-state index in [1.165, 1.54) is 0 Å². The largest absolute Gasteiger partial charge is 0.493 e. The molecule has 0 atom stereocenters. The molecule has 2 rings (SSSR count). The van der Waals surface area contributed by atoms with Gasteiger partial charge in [-0.1, -0.05) is 0 Å². The predicted octanol–water partition coefficient (Wildman–Crippen LogP) is 2.04. The lowest BCUT2D eigenvalue weighted by molar-refractivity contribution is 0.356. The second-order valence-corrected chi connectivity index (χ2v) is 4.63. The zero-order valence-corrected chi connectivity index (χ0v) is 12.2. The van der Waals surface area contributed by atoms with Crippen molar-refractivity contribution in [2.75, 3.05) is 39.3 Å². The molecule has 0 spiro atoms. The molecule has 5 nitrogen and oxygen atoms in total. The van der Waals surface area contributed by atoms with Crippen LogP contribution in [0.3, 0.4) is 0 Å².